The summed E-state index contributed by atoms with van der Waals surface area (Å²) in [7, 11) is 0. The van der Waals surface area contributed by atoms with E-state index in [-0.39, 0.29) is 5.91 Å². The average molecular weight is 381 g/mol. The number of rotatable bonds is 7. The van der Waals surface area contributed by atoms with E-state index in [0.29, 0.717) is 19.4 Å². The fourth-order valence-electron chi connectivity index (χ4n) is 3.65. The summed E-state index contributed by atoms with van der Waals surface area (Å²) in [5.41, 5.74) is 3.56. The summed E-state index contributed by atoms with van der Waals surface area (Å²) in [6.45, 7) is 4.31. The number of nitrogens with one attached hydrogen (secondary N) is 2. The van der Waals surface area contributed by atoms with Crippen molar-refractivity contribution in [2.24, 2.45) is 0 Å². The summed E-state index contributed by atoms with van der Waals surface area (Å²) in [6, 6.07) is 16.8. The van der Waals surface area contributed by atoms with Crippen molar-refractivity contribution in [2.75, 3.05) is 13.1 Å². The minimum atomic E-state index is 0.0832. The van der Waals surface area contributed by atoms with Gasteiger partial charge in [0.2, 0.25) is 5.91 Å². The maximum atomic E-state index is 12.2. The molecular formula is C22H26N3OS+. The van der Waals surface area contributed by atoms with E-state index in [4.69, 9.17) is 0 Å². The first-order chi connectivity index (χ1) is 13.3. The third kappa shape index (κ3) is 4.93. The summed E-state index contributed by atoms with van der Waals surface area (Å²) in [4.78, 5) is 18.4. The Balaban J connectivity index is 1.22. The number of carbonyl (C=O) groups is 1. The SMILES string of the molecule is O=C(CCc1nc2ccccc2s1)NCc1ccc(C[NH+]2CCCC2)cc1. The quantitative estimate of drug-likeness (QED) is 0.662. The topological polar surface area (TPSA) is 46.4 Å². The van der Waals surface area contributed by atoms with Gasteiger partial charge in [-0.1, -0.05) is 36.4 Å². The number of hydrogen-bond acceptors (Lipinski definition) is 3. The molecule has 4 nitrogen and oxygen atoms in total. The molecule has 1 aliphatic rings. The highest BCUT2D eigenvalue weighted by molar-refractivity contribution is 7.18. The number of thiazole rings is 1. The normalized spacial score (nSPS) is 14.7. The Morgan fingerprint density at radius 1 is 1.04 bits per heavy atom. The molecule has 2 heterocycles. The molecule has 0 radical (unpaired) electrons. The molecule has 0 atom stereocenters. The van der Waals surface area contributed by atoms with E-state index in [1.807, 2.05) is 18.2 Å². The van der Waals surface area contributed by atoms with Crippen LogP contribution in [0.2, 0.25) is 0 Å². The van der Waals surface area contributed by atoms with Crippen molar-refractivity contribution in [2.45, 2.75) is 38.8 Å². The monoisotopic (exact) mass is 380 g/mol. The van der Waals surface area contributed by atoms with Gasteiger partial charge in [-0.3, -0.25) is 4.79 Å². The van der Waals surface area contributed by atoms with Crippen LogP contribution in [0.1, 0.15) is 35.4 Å². The molecule has 0 unspecified atom stereocenters. The Kier molecular flexibility index (Phi) is 5.80. The lowest BCUT2D eigenvalue weighted by Crippen LogP contribution is -3.08. The van der Waals surface area contributed by atoms with Crippen LogP contribution in [0, 0.1) is 0 Å². The number of likely N-dealkylation sites (tertiary alicyclic amines) is 1. The number of carbonyl (C=O) groups excluding carboxylic acids is 1. The second-order valence-electron chi connectivity index (χ2n) is 7.30. The van der Waals surface area contributed by atoms with Crippen molar-refractivity contribution < 1.29 is 9.69 Å². The molecule has 5 heteroatoms. The average Bonchev–Trinajstić information content (AvgIpc) is 3.35. The van der Waals surface area contributed by atoms with Gasteiger partial charge < -0.3 is 10.2 Å². The predicted molar refractivity (Wildman–Crippen MR) is 110 cm³/mol. The van der Waals surface area contributed by atoms with Crippen molar-refractivity contribution in [1.82, 2.24) is 10.3 Å². The summed E-state index contributed by atoms with van der Waals surface area (Å²) in [5, 5.41) is 4.06. The van der Waals surface area contributed by atoms with Crippen LogP contribution in [-0.2, 0) is 24.3 Å². The van der Waals surface area contributed by atoms with E-state index >= 15 is 0 Å². The number of quaternary nitrogens is 1. The number of aryl methyl sites for hydroxylation is 1. The maximum Gasteiger partial charge on any atom is 0.220 e. The van der Waals surface area contributed by atoms with Crippen LogP contribution in [0.25, 0.3) is 10.2 Å². The molecule has 1 amide bonds. The minimum Gasteiger partial charge on any atom is -0.352 e. The molecule has 1 aromatic heterocycles. The molecule has 3 aromatic rings. The molecule has 27 heavy (non-hydrogen) atoms. The van der Waals surface area contributed by atoms with Gasteiger partial charge in [-0.05, 0) is 17.7 Å². The molecule has 0 aliphatic carbocycles. The number of aromatic nitrogens is 1. The molecular weight excluding hydrogens is 354 g/mol. The van der Waals surface area contributed by atoms with Crippen molar-refractivity contribution in [3.63, 3.8) is 0 Å². The molecule has 0 saturated carbocycles. The summed E-state index contributed by atoms with van der Waals surface area (Å²) in [6.07, 6.45) is 3.89. The molecule has 2 N–H and O–H groups in total. The van der Waals surface area contributed by atoms with E-state index in [9.17, 15) is 4.79 Å². The van der Waals surface area contributed by atoms with E-state index < -0.39 is 0 Å². The third-order valence-electron chi connectivity index (χ3n) is 5.18. The molecule has 0 bridgehead atoms. The lowest BCUT2D eigenvalue weighted by molar-refractivity contribution is -0.901. The maximum absolute atomic E-state index is 12.2. The summed E-state index contributed by atoms with van der Waals surface area (Å²) < 4.78 is 1.18. The zero-order chi connectivity index (χ0) is 18.5. The van der Waals surface area contributed by atoms with Gasteiger partial charge in [0.15, 0.2) is 0 Å². The first-order valence-corrected chi connectivity index (χ1v) is 10.6. The van der Waals surface area contributed by atoms with E-state index in [1.54, 1.807) is 16.2 Å². The van der Waals surface area contributed by atoms with Crippen molar-refractivity contribution in [3.05, 3.63) is 64.7 Å². The smallest absolute Gasteiger partial charge is 0.220 e. The van der Waals surface area contributed by atoms with Gasteiger partial charge in [0, 0.05) is 37.8 Å². The van der Waals surface area contributed by atoms with Gasteiger partial charge in [0.25, 0.3) is 0 Å². The molecule has 0 spiro atoms. The van der Waals surface area contributed by atoms with Gasteiger partial charge in [0.05, 0.1) is 28.3 Å². The first kappa shape index (κ1) is 18.1. The number of hydrogen-bond donors (Lipinski definition) is 2. The molecule has 140 valence electrons. The Morgan fingerprint density at radius 2 is 1.78 bits per heavy atom. The second kappa shape index (κ2) is 8.63. The van der Waals surface area contributed by atoms with Crippen molar-refractivity contribution in [1.29, 1.82) is 0 Å². The summed E-state index contributed by atoms with van der Waals surface area (Å²) >= 11 is 1.68. The van der Waals surface area contributed by atoms with E-state index in [1.165, 1.54) is 36.2 Å². The highest BCUT2D eigenvalue weighted by Gasteiger charge is 2.15. The van der Waals surface area contributed by atoms with E-state index in [0.717, 1.165) is 22.6 Å². The third-order valence-corrected chi connectivity index (χ3v) is 6.28. The zero-order valence-corrected chi connectivity index (χ0v) is 16.4. The van der Waals surface area contributed by atoms with Gasteiger partial charge in [-0.25, -0.2) is 4.98 Å². The van der Waals surface area contributed by atoms with Crippen LogP contribution < -0.4 is 10.2 Å². The highest BCUT2D eigenvalue weighted by Crippen LogP contribution is 2.22. The van der Waals surface area contributed by atoms with Crippen molar-refractivity contribution >= 4 is 27.5 Å². The number of para-hydroxylation sites is 1. The molecule has 1 aliphatic heterocycles. The van der Waals surface area contributed by atoms with Crippen LogP contribution in [0.15, 0.2) is 48.5 Å². The molecule has 2 aromatic carbocycles. The fraction of sp³-hybridized carbons (Fsp3) is 0.364. The Morgan fingerprint density at radius 3 is 2.56 bits per heavy atom. The number of nitrogens with zero attached hydrogens (tertiary/aromatic N) is 1. The fourth-order valence-corrected chi connectivity index (χ4v) is 4.62. The Bertz CT molecular complexity index is 864. The Hall–Kier alpha value is -2.24. The highest BCUT2D eigenvalue weighted by atomic mass is 32.1. The van der Waals surface area contributed by atoms with Crippen molar-refractivity contribution in [3.8, 4) is 0 Å². The number of amides is 1. The summed E-state index contributed by atoms with van der Waals surface area (Å²) in [5.74, 6) is 0.0832. The number of fused-ring (bicyclic) bond motifs is 1. The standard InChI is InChI=1S/C22H25N3OS/c26-21(11-12-22-24-19-5-1-2-6-20(19)27-22)23-15-17-7-9-18(10-8-17)16-25-13-3-4-14-25/h1-2,5-10H,3-4,11-16H2,(H,23,26)/p+1. The molecule has 1 saturated heterocycles. The van der Waals surface area contributed by atoms with Crippen LogP contribution in [0.5, 0.6) is 0 Å². The molecule has 1 fully saturated rings. The minimum absolute atomic E-state index is 0.0832. The van der Waals surface area contributed by atoms with Gasteiger partial charge >= 0.3 is 0 Å². The van der Waals surface area contributed by atoms with Crippen LogP contribution in [-0.4, -0.2) is 24.0 Å². The van der Waals surface area contributed by atoms with Crippen LogP contribution >= 0.6 is 11.3 Å². The van der Waals surface area contributed by atoms with Crippen LogP contribution in [0.4, 0.5) is 0 Å². The number of benzene rings is 2. The van der Waals surface area contributed by atoms with Gasteiger partial charge in [-0.15, -0.1) is 11.3 Å². The zero-order valence-electron chi connectivity index (χ0n) is 15.5. The predicted octanol–water partition coefficient (Wildman–Crippen LogP) is 2.72. The van der Waals surface area contributed by atoms with Crippen LogP contribution in [0.3, 0.4) is 0 Å². The first-order valence-electron chi connectivity index (χ1n) is 9.79. The van der Waals surface area contributed by atoms with E-state index in [2.05, 4.69) is 40.6 Å². The lowest BCUT2D eigenvalue weighted by Gasteiger charge is -2.12. The van der Waals surface area contributed by atoms with Gasteiger partial charge in [-0.2, -0.15) is 0 Å². The Labute approximate surface area is 164 Å². The lowest BCUT2D eigenvalue weighted by atomic mass is 10.1. The molecule has 4 rings (SSSR count). The van der Waals surface area contributed by atoms with Gasteiger partial charge in [0.1, 0.15) is 6.54 Å². The second-order valence-corrected chi connectivity index (χ2v) is 8.42. The largest absolute Gasteiger partial charge is 0.352 e.